The molecule has 1 spiro atoms. The van der Waals surface area contributed by atoms with Crippen LogP contribution in [0.5, 0.6) is 5.75 Å². The van der Waals surface area contributed by atoms with Gasteiger partial charge in [0, 0.05) is 30.6 Å². The molecule has 2 aliphatic rings. The van der Waals surface area contributed by atoms with Crippen molar-refractivity contribution in [3.05, 3.63) is 59.2 Å². The number of anilines is 1. The van der Waals surface area contributed by atoms with Gasteiger partial charge in [-0.15, -0.1) is 0 Å². The summed E-state index contributed by atoms with van der Waals surface area (Å²) in [7, 11) is 3.09. The molecule has 0 unspecified atom stereocenters. The Morgan fingerprint density at radius 1 is 1.03 bits per heavy atom. The standard InChI is InChI=1S/C27H34N2O4/c1-19(2)15-25(30)29-18-27(23-16-22(32-3)9-10-24(23)29)11-13-28(14-12-27)17-20-5-7-21(8-6-20)26(31)33-4/h5-10,16,19H,11-15,17-18H2,1-4H3. The van der Waals surface area contributed by atoms with Crippen LogP contribution in [-0.2, 0) is 21.5 Å². The van der Waals surface area contributed by atoms with Crippen molar-refractivity contribution in [2.45, 2.75) is 45.1 Å². The predicted octanol–water partition coefficient (Wildman–Crippen LogP) is 4.41. The molecule has 4 rings (SSSR count). The molecule has 33 heavy (non-hydrogen) atoms. The molecule has 0 N–H and O–H groups in total. The number of ether oxygens (including phenoxy) is 2. The number of hydrogen-bond donors (Lipinski definition) is 0. The van der Waals surface area contributed by atoms with E-state index in [1.165, 1.54) is 18.2 Å². The summed E-state index contributed by atoms with van der Waals surface area (Å²) in [5, 5.41) is 0. The number of piperidine rings is 1. The topological polar surface area (TPSA) is 59.1 Å². The number of methoxy groups -OCH3 is 2. The zero-order valence-electron chi connectivity index (χ0n) is 20.1. The van der Waals surface area contributed by atoms with E-state index in [4.69, 9.17) is 9.47 Å². The fourth-order valence-corrected chi connectivity index (χ4v) is 5.15. The number of fused-ring (bicyclic) bond motifs is 2. The van der Waals surface area contributed by atoms with Gasteiger partial charge in [0.15, 0.2) is 0 Å². The summed E-state index contributed by atoms with van der Waals surface area (Å²) < 4.78 is 10.3. The molecule has 2 aliphatic heterocycles. The van der Waals surface area contributed by atoms with E-state index in [9.17, 15) is 9.59 Å². The van der Waals surface area contributed by atoms with Crippen LogP contribution in [0.1, 0.15) is 54.6 Å². The van der Waals surface area contributed by atoms with Crippen molar-refractivity contribution >= 4 is 17.6 Å². The van der Waals surface area contributed by atoms with Crippen LogP contribution >= 0.6 is 0 Å². The lowest BCUT2D eigenvalue weighted by molar-refractivity contribution is -0.119. The van der Waals surface area contributed by atoms with Gasteiger partial charge in [0.1, 0.15) is 5.75 Å². The van der Waals surface area contributed by atoms with E-state index in [2.05, 4.69) is 30.9 Å². The Morgan fingerprint density at radius 3 is 2.33 bits per heavy atom. The van der Waals surface area contributed by atoms with E-state index in [-0.39, 0.29) is 17.3 Å². The summed E-state index contributed by atoms with van der Waals surface area (Å²) in [6.45, 7) is 7.70. The number of rotatable bonds is 6. The van der Waals surface area contributed by atoms with Crippen LogP contribution in [0.4, 0.5) is 5.69 Å². The van der Waals surface area contributed by atoms with Crippen LogP contribution in [0, 0.1) is 5.92 Å². The first-order valence-electron chi connectivity index (χ1n) is 11.7. The Kier molecular flexibility index (Phi) is 6.75. The highest BCUT2D eigenvalue weighted by molar-refractivity contribution is 5.96. The first-order valence-corrected chi connectivity index (χ1v) is 11.7. The van der Waals surface area contributed by atoms with E-state index in [1.54, 1.807) is 7.11 Å². The van der Waals surface area contributed by atoms with E-state index >= 15 is 0 Å². The van der Waals surface area contributed by atoms with Gasteiger partial charge in [-0.25, -0.2) is 4.79 Å². The Balaban J connectivity index is 1.48. The number of nitrogens with zero attached hydrogens (tertiary/aromatic N) is 2. The van der Waals surface area contributed by atoms with Crippen molar-refractivity contribution in [1.29, 1.82) is 0 Å². The molecule has 0 aromatic heterocycles. The zero-order chi connectivity index (χ0) is 23.6. The predicted molar refractivity (Wildman–Crippen MR) is 129 cm³/mol. The monoisotopic (exact) mass is 450 g/mol. The minimum absolute atomic E-state index is 0.0260. The summed E-state index contributed by atoms with van der Waals surface area (Å²) in [4.78, 5) is 29.2. The highest BCUT2D eigenvalue weighted by Gasteiger charge is 2.46. The minimum atomic E-state index is -0.312. The van der Waals surface area contributed by atoms with Crippen LogP contribution < -0.4 is 9.64 Å². The van der Waals surface area contributed by atoms with Crippen molar-refractivity contribution in [2.75, 3.05) is 38.8 Å². The van der Waals surface area contributed by atoms with E-state index < -0.39 is 0 Å². The Labute approximate surface area is 196 Å². The summed E-state index contributed by atoms with van der Waals surface area (Å²) in [5.41, 5.74) is 4.03. The Hall–Kier alpha value is -2.86. The highest BCUT2D eigenvalue weighted by Crippen LogP contribution is 2.48. The summed E-state index contributed by atoms with van der Waals surface area (Å²) in [5.74, 6) is 1.08. The lowest BCUT2D eigenvalue weighted by atomic mass is 9.74. The Morgan fingerprint density at radius 2 is 1.73 bits per heavy atom. The Bertz CT molecular complexity index is 1010. The maximum absolute atomic E-state index is 13.1. The van der Waals surface area contributed by atoms with Crippen molar-refractivity contribution in [3.8, 4) is 5.75 Å². The third kappa shape index (κ3) is 4.76. The van der Waals surface area contributed by atoms with Crippen molar-refractivity contribution in [3.63, 3.8) is 0 Å². The number of likely N-dealkylation sites (tertiary alicyclic amines) is 1. The second kappa shape index (κ2) is 9.56. The lowest BCUT2D eigenvalue weighted by Gasteiger charge is -2.40. The van der Waals surface area contributed by atoms with E-state index in [0.29, 0.717) is 17.9 Å². The van der Waals surface area contributed by atoms with Gasteiger partial charge in [-0.2, -0.15) is 0 Å². The van der Waals surface area contributed by atoms with Gasteiger partial charge in [0.25, 0.3) is 0 Å². The molecule has 176 valence electrons. The van der Waals surface area contributed by atoms with Crippen LogP contribution in [0.25, 0.3) is 0 Å². The molecule has 0 aliphatic carbocycles. The van der Waals surface area contributed by atoms with Crippen molar-refractivity contribution < 1.29 is 19.1 Å². The molecule has 6 nitrogen and oxygen atoms in total. The van der Waals surface area contributed by atoms with Gasteiger partial charge in [-0.3, -0.25) is 9.69 Å². The third-order valence-corrected chi connectivity index (χ3v) is 7.00. The maximum Gasteiger partial charge on any atom is 0.337 e. The molecule has 2 aromatic rings. The average Bonchev–Trinajstić information content (AvgIpc) is 3.13. The summed E-state index contributed by atoms with van der Waals surface area (Å²) in [6.07, 6.45) is 2.56. The summed E-state index contributed by atoms with van der Waals surface area (Å²) >= 11 is 0. The first kappa shape index (κ1) is 23.3. The SMILES string of the molecule is COC(=O)c1ccc(CN2CCC3(CC2)CN(C(=O)CC(C)C)c2ccc(OC)cc23)cc1. The summed E-state index contributed by atoms with van der Waals surface area (Å²) in [6, 6.07) is 13.8. The molecule has 0 bridgehead atoms. The normalized spacial score (nSPS) is 17.3. The second-order valence-corrected chi connectivity index (χ2v) is 9.71. The van der Waals surface area contributed by atoms with Crippen LogP contribution in [0.3, 0.4) is 0 Å². The van der Waals surface area contributed by atoms with E-state index in [0.717, 1.165) is 50.5 Å². The lowest BCUT2D eigenvalue weighted by Crippen LogP contribution is -2.45. The van der Waals surface area contributed by atoms with Crippen LogP contribution in [-0.4, -0.2) is 50.6 Å². The van der Waals surface area contributed by atoms with Crippen LogP contribution in [0.15, 0.2) is 42.5 Å². The molecule has 1 amide bonds. The number of carbonyl (C=O) groups is 2. The van der Waals surface area contributed by atoms with Gasteiger partial charge >= 0.3 is 5.97 Å². The van der Waals surface area contributed by atoms with Gasteiger partial charge in [0.2, 0.25) is 5.91 Å². The molecular weight excluding hydrogens is 416 g/mol. The van der Waals surface area contributed by atoms with Gasteiger partial charge in [-0.1, -0.05) is 26.0 Å². The number of hydrogen-bond acceptors (Lipinski definition) is 5. The first-order chi connectivity index (χ1) is 15.8. The van der Waals surface area contributed by atoms with Gasteiger partial charge in [0.05, 0.1) is 19.8 Å². The van der Waals surface area contributed by atoms with Gasteiger partial charge < -0.3 is 14.4 Å². The zero-order valence-corrected chi connectivity index (χ0v) is 20.1. The number of amides is 1. The molecule has 2 aromatic carbocycles. The second-order valence-electron chi connectivity index (χ2n) is 9.71. The number of esters is 1. The van der Waals surface area contributed by atoms with Crippen molar-refractivity contribution in [2.24, 2.45) is 5.92 Å². The molecule has 0 radical (unpaired) electrons. The maximum atomic E-state index is 13.1. The molecule has 2 heterocycles. The molecular formula is C27H34N2O4. The van der Waals surface area contributed by atoms with Crippen LogP contribution in [0.2, 0.25) is 0 Å². The smallest absolute Gasteiger partial charge is 0.337 e. The fraction of sp³-hybridized carbons (Fsp3) is 0.481. The highest BCUT2D eigenvalue weighted by atomic mass is 16.5. The third-order valence-electron chi connectivity index (χ3n) is 7.00. The fourth-order valence-electron chi connectivity index (χ4n) is 5.15. The van der Waals surface area contributed by atoms with E-state index in [1.807, 2.05) is 35.2 Å². The molecule has 0 atom stereocenters. The molecule has 1 saturated heterocycles. The quantitative estimate of drug-likeness (QED) is 0.610. The molecule has 6 heteroatoms. The number of benzene rings is 2. The largest absolute Gasteiger partial charge is 0.497 e. The number of carbonyl (C=O) groups excluding carboxylic acids is 2. The van der Waals surface area contributed by atoms with Gasteiger partial charge in [-0.05, 0) is 73.3 Å². The van der Waals surface area contributed by atoms with Crippen molar-refractivity contribution in [1.82, 2.24) is 4.90 Å². The average molecular weight is 451 g/mol. The molecule has 1 fully saturated rings. The molecule has 0 saturated carbocycles. The minimum Gasteiger partial charge on any atom is -0.497 e.